The maximum absolute atomic E-state index is 11.7. The van der Waals surface area contributed by atoms with E-state index in [0.29, 0.717) is 12.3 Å². The zero-order chi connectivity index (χ0) is 13.5. The second kappa shape index (κ2) is 6.98. The van der Waals surface area contributed by atoms with Crippen molar-refractivity contribution in [3.63, 3.8) is 0 Å². The van der Waals surface area contributed by atoms with Crippen LogP contribution in [0.3, 0.4) is 0 Å². The molecule has 1 unspecified atom stereocenters. The molecular weight excluding hydrogens is 232 g/mol. The first-order valence-corrected chi connectivity index (χ1v) is 5.86. The van der Waals surface area contributed by atoms with Crippen LogP contribution in [0.25, 0.3) is 0 Å². The van der Waals surface area contributed by atoms with Gasteiger partial charge in [0.1, 0.15) is 5.75 Å². The minimum atomic E-state index is -0.208. The van der Waals surface area contributed by atoms with Crippen LogP contribution in [0.2, 0.25) is 0 Å². The van der Waals surface area contributed by atoms with Crippen molar-refractivity contribution < 1.29 is 14.6 Å². The number of hydrogen-bond donors (Lipinski definition) is 2. The molecule has 5 nitrogen and oxygen atoms in total. The predicted octanol–water partition coefficient (Wildman–Crippen LogP) is 0.363. The van der Waals surface area contributed by atoms with Crippen LogP contribution in [0, 0.1) is 0 Å². The minimum Gasteiger partial charge on any atom is -0.484 e. The Morgan fingerprint density at radius 2 is 2.06 bits per heavy atom. The van der Waals surface area contributed by atoms with Crippen molar-refractivity contribution in [2.75, 3.05) is 20.3 Å². The molecule has 5 heteroatoms. The molecule has 0 saturated carbocycles. The van der Waals surface area contributed by atoms with Gasteiger partial charge in [-0.25, -0.2) is 0 Å². The molecule has 0 aliphatic heterocycles. The third-order valence-electron chi connectivity index (χ3n) is 2.84. The van der Waals surface area contributed by atoms with E-state index in [2.05, 4.69) is 0 Å². The first-order valence-electron chi connectivity index (χ1n) is 5.86. The summed E-state index contributed by atoms with van der Waals surface area (Å²) in [6.45, 7) is 2.15. The van der Waals surface area contributed by atoms with Gasteiger partial charge in [-0.05, 0) is 24.6 Å². The third-order valence-corrected chi connectivity index (χ3v) is 2.84. The molecule has 3 N–H and O–H groups in total. The van der Waals surface area contributed by atoms with Crippen LogP contribution in [0.15, 0.2) is 24.3 Å². The lowest BCUT2D eigenvalue weighted by Crippen LogP contribution is -2.40. The summed E-state index contributed by atoms with van der Waals surface area (Å²) in [7, 11) is 1.64. The van der Waals surface area contributed by atoms with E-state index in [0.717, 1.165) is 5.56 Å². The van der Waals surface area contributed by atoms with E-state index in [1.807, 2.05) is 12.1 Å². The Bertz CT molecular complexity index is 378. The van der Waals surface area contributed by atoms with Crippen LogP contribution in [0.1, 0.15) is 12.5 Å². The van der Waals surface area contributed by atoms with E-state index in [1.54, 1.807) is 26.1 Å². The molecule has 0 aliphatic carbocycles. The average molecular weight is 252 g/mol. The van der Waals surface area contributed by atoms with E-state index < -0.39 is 0 Å². The highest BCUT2D eigenvalue weighted by Crippen LogP contribution is 2.12. The maximum Gasteiger partial charge on any atom is 0.260 e. The summed E-state index contributed by atoms with van der Waals surface area (Å²) in [6.07, 6.45) is 0. The fourth-order valence-corrected chi connectivity index (χ4v) is 1.34. The Morgan fingerprint density at radius 1 is 1.44 bits per heavy atom. The Labute approximate surface area is 107 Å². The lowest BCUT2D eigenvalue weighted by Gasteiger charge is -2.23. The number of amides is 1. The monoisotopic (exact) mass is 252 g/mol. The lowest BCUT2D eigenvalue weighted by atomic mass is 10.2. The first kappa shape index (κ1) is 14.5. The molecule has 0 aromatic heterocycles. The highest BCUT2D eigenvalue weighted by Gasteiger charge is 2.15. The summed E-state index contributed by atoms with van der Waals surface area (Å²) in [5, 5.41) is 8.95. The standard InChI is InChI=1S/C13H20N2O3/c1-10(8-16)15(2)13(17)9-18-12-5-3-11(7-14)4-6-12/h3-6,10,16H,7-9,14H2,1-2H3. The number of nitrogens with two attached hydrogens (primary N) is 1. The van der Waals surface area contributed by atoms with Gasteiger partial charge in [-0.2, -0.15) is 0 Å². The van der Waals surface area contributed by atoms with Crippen LogP contribution in [-0.4, -0.2) is 42.2 Å². The molecule has 0 bridgehead atoms. The number of carbonyl (C=O) groups excluding carboxylic acids is 1. The fraction of sp³-hybridized carbons (Fsp3) is 0.462. The zero-order valence-corrected chi connectivity index (χ0v) is 10.8. The Morgan fingerprint density at radius 3 is 2.56 bits per heavy atom. The highest BCUT2D eigenvalue weighted by molar-refractivity contribution is 5.77. The molecule has 1 rings (SSSR count). The van der Waals surface area contributed by atoms with Crippen molar-refractivity contribution in [3.8, 4) is 5.75 Å². The van der Waals surface area contributed by atoms with Gasteiger partial charge in [-0.3, -0.25) is 4.79 Å². The van der Waals surface area contributed by atoms with Crippen molar-refractivity contribution in [2.24, 2.45) is 5.73 Å². The molecule has 0 aliphatic rings. The minimum absolute atomic E-state index is 0.0389. The largest absolute Gasteiger partial charge is 0.484 e. The van der Waals surface area contributed by atoms with Gasteiger partial charge in [0.05, 0.1) is 12.6 Å². The molecule has 0 heterocycles. The number of ether oxygens (including phenoxy) is 1. The quantitative estimate of drug-likeness (QED) is 0.766. The Hall–Kier alpha value is -1.59. The predicted molar refractivity (Wildman–Crippen MR) is 69.1 cm³/mol. The molecule has 0 fully saturated rings. The van der Waals surface area contributed by atoms with Gasteiger partial charge in [-0.15, -0.1) is 0 Å². The maximum atomic E-state index is 11.7. The van der Waals surface area contributed by atoms with Crippen molar-refractivity contribution >= 4 is 5.91 Å². The van der Waals surface area contributed by atoms with Crippen molar-refractivity contribution in [3.05, 3.63) is 29.8 Å². The van der Waals surface area contributed by atoms with E-state index in [4.69, 9.17) is 15.6 Å². The van der Waals surface area contributed by atoms with Gasteiger partial charge in [-0.1, -0.05) is 12.1 Å². The summed E-state index contributed by atoms with van der Waals surface area (Å²) in [6, 6.07) is 7.08. The smallest absolute Gasteiger partial charge is 0.260 e. The van der Waals surface area contributed by atoms with Gasteiger partial charge in [0.25, 0.3) is 5.91 Å². The first-order chi connectivity index (χ1) is 8.58. The fourth-order valence-electron chi connectivity index (χ4n) is 1.34. The summed E-state index contributed by atoms with van der Waals surface area (Å²) in [5.41, 5.74) is 6.50. The molecule has 1 aromatic carbocycles. The van der Waals surface area contributed by atoms with Gasteiger partial charge < -0.3 is 20.5 Å². The number of carbonyl (C=O) groups is 1. The van der Waals surface area contributed by atoms with Crippen molar-refractivity contribution in [1.82, 2.24) is 4.90 Å². The number of hydrogen-bond acceptors (Lipinski definition) is 4. The molecule has 1 atom stereocenters. The lowest BCUT2D eigenvalue weighted by molar-refractivity contribution is -0.134. The molecule has 1 amide bonds. The zero-order valence-electron chi connectivity index (χ0n) is 10.8. The Balaban J connectivity index is 2.46. The second-order valence-corrected chi connectivity index (χ2v) is 4.17. The SMILES string of the molecule is CC(CO)N(C)C(=O)COc1ccc(CN)cc1. The third kappa shape index (κ3) is 4.01. The molecular formula is C13H20N2O3. The highest BCUT2D eigenvalue weighted by atomic mass is 16.5. The van der Waals surface area contributed by atoms with E-state index in [-0.39, 0.29) is 25.2 Å². The van der Waals surface area contributed by atoms with Crippen LogP contribution < -0.4 is 10.5 Å². The average Bonchev–Trinajstić information content (AvgIpc) is 2.43. The van der Waals surface area contributed by atoms with Gasteiger partial charge in [0.2, 0.25) is 0 Å². The number of rotatable bonds is 6. The van der Waals surface area contributed by atoms with Crippen LogP contribution in [0.4, 0.5) is 0 Å². The van der Waals surface area contributed by atoms with Gasteiger partial charge in [0.15, 0.2) is 6.61 Å². The van der Waals surface area contributed by atoms with Gasteiger partial charge >= 0.3 is 0 Å². The summed E-state index contributed by atoms with van der Waals surface area (Å²) in [4.78, 5) is 13.2. The molecule has 100 valence electrons. The van der Waals surface area contributed by atoms with Crippen LogP contribution in [-0.2, 0) is 11.3 Å². The number of likely N-dealkylation sites (N-methyl/N-ethyl adjacent to an activating group) is 1. The second-order valence-electron chi connectivity index (χ2n) is 4.17. The van der Waals surface area contributed by atoms with E-state index in [1.165, 1.54) is 4.90 Å². The molecule has 0 spiro atoms. The molecule has 0 radical (unpaired) electrons. The molecule has 18 heavy (non-hydrogen) atoms. The topological polar surface area (TPSA) is 75.8 Å². The Kier molecular flexibility index (Phi) is 5.61. The summed E-state index contributed by atoms with van der Waals surface area (Å²) >= 11 is 0. The number of nitrogens with zero attached hydrogens (tertiary/aromatic N) is 1. The summed E-state index contributed by atoms with van der Waals surface area (Å²) in [5.74, 6) is 0.463. The van der Waals surface area contributed by atoms with E-state index in [9.17, 15) is 4.79 Å². The van der Waals surface area contributed by atoms with Crippen LogP contribution >= 0.6 is 0 Å². The van der Waals surface area contributed by atoms with E-state index >= 15 is 0 Å². The number of benzene rings is 1. The van der Waals surface area contributed by atoms with Crippen LogP contribution in [0.5, 0.6) is 5.75 Å². The van der Waals surface area contributed by atoms with Crippen molar-refractivity contribution in [1.29, 1.82) is 0 Å². The molecule has 1 aromatic rings. The van der Waals surface area contributed by atoms with Gasteiger partial charge in [0, 0.05) is 13.6 Å². The van der Waals surface area contributed by atoms with Crippen molar-refractivity contribution in [2.45, 2.75) is 19.5 Å². The normalized spacial score (nSPS) is 12.0. The molecule has 0 saturated heterocycles. The number of aliphatic hydroxyl groups is 1. The number of aliphatic hydroxyl groups excluding tert-OH is 1. The summed E-state index contributed by atoms with van der Waals surface area (Å²) < 4.78 is 5.37.